The highest BCUT2D eigenvalue weighted by atomic mass is 19.1. The zero-order valence-electron chi connectivity index (χ0n) is 6.82. The van der Waals surface area contributed by atoms with Gasteiger partial charge in [-0.15, -0.1) is 0 Å². The van der Waals surface area contributed by atoms with Crippen LogP contribution >= 0.6 is 0 Å². The largest absolute Gasteiger partial charge is 0.388 e. The van der Waals surface area contributed by atoms with Crippen molar-refractivity contribution < 1.29 is 4.39 Å². The Hall–Kier alpha value is -1.05. The Kier molecular flexibility index (Phi) is 2.47. The van der Waals surface area contributed by atoms with Crippen LogP contribution in [-0.4, -0.2) is 7.05 Å². The molecule has 1 nitrogen and oxygen atoms in total. The molecule has 0 aromatic heterocycles. The molecule has 0 spiro atoms. The van der Waals surface area contributed by atoms with E-state index in [0.29, 0.717) is 0 Å². The summed E-state index contributed by atoms with van der Waals surface area (Å²) in [5.41, 5.74) is 1.86. The molecular weight excluding hydrogens is 141 g/mol. The highest BCUT2D eigenvalue weighted by Crippen LogP contribution is 2.13. The number of benzene rings is 1. The van der Waals surface area contributed by atoms with Gasteiger partial charge in [-0.1, -0.05) is 6.92 Å². The quantitative estimate of drug-likeness (QED) is 0.688. The average molecular weight is 153 g/mol. The van der Waals surface area contributed by atoms with Crippen molar-refractivity contribution >= 4 is 5.69 Å². The lowest BCUT2D eigenvalue weighted by molar-refractivity contribution is 0.626. The number of anilines is 1. The Morgan fingerprint density at radius 2 is 2.09 bits per heavy atom. The van der Waals surface area contributed by atoms with Crippen molar-refractivity contribution in [3.63, 3.8) is 0 Å². The fourth-order valence-electron chi connectivity index (χ4n) is 0.999. The van der Waals surface area contributed by atoms with Gasteiger partial charge in [0.1, 0.15) is 5.82 Å². The SMILES string of the molecule is CCc1cc(F)cc(NC)c1. The number of halogens is 1. The first-order valence-corrected chi connectivity index (χ1v) is 3.73. The van der Waals surface area contributed by atoms with E-state index in [1.165, 1.54) is 6.07 Å². The van der Waals surface area contributed by atoms with Crippen LogP contribution in [0.3, 0.4) is 0 Å². The lowest BCUT2D eigenvalue weighted by Gasteiger charge is -2.02. The molecule has 0 atom stereocenters. The van der Waals surface area contributed by atoms with Crippen molar-refractivity contribution in [1.82, 2.24) is 0 Å². The minimum Gasteiger partial charge on any atom is -0.388 e. The molecule has 0 saturated heterocycles. The maximum atomic E-state index is 12.8. The molecule has 0 aliphatic carbocycles. The third-order valence-electron chi connectivity index (χ3n) is 1.65. The van der Waals surface area contributed by atoms with E-state index in [1.807, 2.05) is 13.0 Å². The van der Waals surface area contributed by atoms with E-state index in [2.05, 4.69) is 5.32 Å². The van der Waals surface area contributed by atoms with Gasteiger partial charge in [-0.3, -0.25) is 0 Å². The summed E-state index contributed by atoms with van der Waals surface area (Å²) in [6.07, 6.45) is 0.868. The molecule has 0 radical (unpaired) electrons. The Morgan fingerprint density at radius 3 is 2.64 bits per heavy atom. The van der Waals surface area contributed by atoms with Gasteiger partial charge in [-0.05, 0) is 30.2 Å². The number of nitrogens with one attached hydrogen (secondary N) is 1. The van der Waals surface area contributed by atoms with Crippen LogP contribution in [0.1, 0.15) is 12.5 Å². The molecule has 1 aromatic rings. The standard InChI is InChI=1S/C9H12FN/c1-3-7-4-8(10)6-9(5-7)11-2/h4-6,11H,3H2,1-2H3. The second kappa shape index (κ2) is 3.37. The maximum absolute atomic E-state index is 12.8. The molecule has 1 N–H and O–H groups in total. The summed E-state index contributed by atoms with van der Waals surface area (Å²) in [5, 5.41) is 2.90. The summed E-state index contributed by atoms with van der Waals surface area (Å²) < 4.78 is 12.8. The normalized spacial score (nSPS) is 9.73. The highest BCUT2D eigenvalue weighted by molar-refractivity contribution is 5.45. The molecule has 0 bridgehead atoms. The summed E-state index contributed by atoms with van der Waals surface area (Å²) in [7, 11) is 1.79. The van der Waals surface area contributed by atoms with Crippen LogP contribution in [0.5, 0.6) is 0 Å². The first kappa shape index (κ1) is 8.05. The number of hydrogen-bond donors (Lipinski definition) is 1. The monoisotopic (exact) mass is 153 g/mol. The van der Waals surface area contributed by atoms with Crippen LogP contribution < -0.4 is 5.32 Å². The topological polar surface area (TPSA) is 12.0 Å². The molecule has 0 fully saturated rings. The Morgan fingerprint density at radius 1 is 1.36 bits per heavy atom. The van der Waals surface area contributed by atoms with Crippen LogP contribution in [-0.2, 0) is 6.42 Å². The molecule has 0 heterocycles. The lowest BCUT2D eigenvalue weighted by Crippen LogP contribution is -1.91. The molecule has 0 amide bonds. The van der Waals surface area contributed by atoms with Gasteiger partial charge in [0.25, 0.3) is 0 Å². The van der Waals surface area contributed by atoms with E-state index < -0.39 is 0 Å². The number of hydrogen-bond acceptors (Lipinski definition) is 1. The van der Waals surface area contributed by atoms with Crippen LogP contribution in [0.25, 0.3) is 0 Å². The zero-order chi connectivity index (χ0) is 8.27. The van der Waals surface area contributed by atoms with Gasteiger partial charge in [-0.2, -0.15) is 0 Å². The van der Waals surface area contributed by atoms with E-state index in [0.717, 1.165) is 17.7 Å². The minimum absolute atomic E-state index is 0.172. The van der Waals surface area contributed by atoms with Crippen LogP contribution in [0.4, 0.5) is 10.1 Å². The maximum Gasteiger partial charge on any atom is 0.125 e. The molecule has 0 aliphatic rings. The molecule has 0 aliphatic heterocycles. The predicted octanol–water partition coefficient (Wildman–Crippen LogP) is 2.43. The molecule has 2 heteroatoms. The van der Waals surface area contributed by atoms with Gasteiger partial charge in [0, 0.05) is 12.7 Å². The van der Waals surface area contributed by atoms with Crippen LogP contribution in [0, 0.1) is 5.82 Å². The van der Waals surface area contributed by atoms with Gasteiger partial charge in [0.05, 0.1) is 0 Å². The Labute approximate surface area is 66.2 Å². The number of rotatable bonds is 2. The first-order chi connectivity index (χ1) is 5.26. The summed E-state index contributed by atoms with van der Waals surface area (Å²) in [6, 6.07) is 4.99. The third-order valence-corrected chi connectivity index (χ3v) is 1.65. The van der Waals surface area contributed by atoms with Crippen molar-refractivity contribution in [2.75, 3.05) is 12.4 Å². The molecule has 1 rings (SSSR count). The van der Waals surface area contributed by atoms with E-state index in [4.69, 9.17) is 0 Å². The third kappa shape index (κ3) is 1.93. The Bertz CT molecular complexity index is 223. The van der Waals surface area contributed by atoms with Crippen molar-refractivity contribution in [2.45, 2.75) is 13.3 Å². The van der Waals surface area contributed by atoms with Crippen molar-refractivity contribution in [3.8, 4) is 0 Å². The summed E-state index contributed by atoms with van der Waals surface area (Å²) in [4.78, 5) is 0. The van der Waals surface area contributed by atoms with E-state index >= 15 is 0 Å². The summed E-state index contributed by atoms with van der Waals surface area (Å²) >= 11 is 0. The zero-order valence-corrected chi connectivity index (χ0v) is 6.82. The minimum atomic E-state index is -0.172. The van der Waals surface area contributed by atoms with Gasteiger partial charge >= 0.3 is 0 Å². The first-order valence-electron chi connectivity index (χ1n) is 3.73. The number of aryl methyl sites for hydroxylation is 1. The molecular formula is C9H12FN. The average Bonchev–Trinajstić information content (AvgIpc) is 2.03. The lowest BCUT2D eigenvalue weighted by atomic mass is 10.1. The summed E-state index contributed by atoms with van der Waals surface area (Å²) in [6.45, 7) is 2.01. The van der Waals surface area contributed by atoms with Crippen LogP contribution in [0.15, 0.2) is 18.2 Å². The van der Waals surface area contributed by atoms with Crippen molar-refractivity contribution in [3.05, 3.63) is 29.6 Å². The molecule has 0 unspecified atom stereocenters. The predicted molar refractivity (Wildman–Crippen MR) is 45.3 cm³/mol. The van der Waals surface area contributed by atoms with Gasteiger partial charge < -0.3 is 5.32 Å². The smallest absolute Gasteiger partial charge is 0.125 e. The Balaban J connectivity index is 3.02. The van der Waals surface area contributed by atoms with Crippen LogP contribution in [0.2, 0.25) is 0 Å². The second-order valence-electron chi connectivity index (χ2n) is 2.45. The highest BCUT2D eigenvalue weighted by Gasteiger charge is 1.96. The van der Waals surface area contributed by atoms with E-state index in [9.17, 15) is 4.39 Å². The molecule has 0 saturated carbocycles. The van der Waals surface area contributed by atoms with Gasteiger partial charge in [0.2, 0.25) is 0 Å². The van der Waals surface area contributed by atoms with E-state index in [1.54, 1.807) is 13.1 Å². The van der Waals surface area contributed by atoms with Gasteiger partial charge in [-0.25, -0.2) is 4.39 Å². The van der Waals surface area contributed by atoms with E-state index in [-0.39, 0.29) is 5.82 Å². The van der Waals surface area contributed by atoms with Gasteiger partial charge in [0.15, 0.2) is 0 Å². The molecule has 11 heavy (non-hydrogen) atoms. The van der Waals surface area contributed by atoms with Crippen molar-refractivity contribution in [1.29, 1.82) is 0 Å². The fourth-order valence-corrected chi connectivity index (χ4v) is 0.999. The summed E-state index contributed by atoms with van der Waals surface area (Å²) in [5.74, 6) is -0.172. The second-order valence-corrected chi connectivity index (χ2v) is 2.45. The molecule has 60 valence electrons. The van der Waals surface area contributed by atoms with Crippen molar-refractivity contribution in [2.24, 2.45) is 0 Å². The molecule has 1 aromatic carbocycles. The fraction of sp³-hybridized carbons (Fsp3) is 0.333.